The van der Waals surface area contributed by atoms with Crippen LogP contribution >= 0.6 is 11.6 Å². The van der Waals surface area contributed by atoms with Crippen LogP contribution in [0.15, 0.2) is 4.42 Å². The minimum absolute atomic E-state index is 0.161. The summed E-state index contributed by atoms with van der Waals surface area (Å²) in [7, 11) is 1.67. The summed E-state index contributed by atoms with van der Waals surface area (Å²) in [5.41, 5.74) is 0. The molecule has 0 bridgehead atoms. The van der Waals surface area contributed by atoms with E-state index in [2.05, 4.69) is 29.4 Å². The van der Waals surface area contributed by atoms with E-state index in [0.29, 0.717) is 36.7 Å². The number of alkyl halides is 1. The van der Waals surface area contributed by atoms with Gasteiger partial charge in [-0.25, -0.2) is 0 Å². The van der Waals surface area contributed by atoms with Crippen LogP contribution in [-0.2, 0) is 11.2 Å². The van der Waals surface area contributed by atoms with Crippen LogP contribution < -0.4 is 5.32 Å². The first-order valence-corrected chi connectivity index (χ1v) is 5.84. The van der Waals surface area contributed by atoms with E-state index in [0.717, 1.165) is 0 Å². The Kier molecular flexibility index (Phi) is 5.55. The molecule has 6 heteroatoms. The van der Waals surface area contributed by atoms with Crippen molar-refractivity contribution >= 4 is 17.6 Å². The van der Waals surface area contributed by atoms with Gasteiger partial charge in [0.15, 0.2) is 0 Å². The molecule has 0 saturated heterocycles. The van der Waals surface area contributed by atoms with Crippen molar-refractivity contribution < 1.29 is 9.15 Å². The van der Waals surface area contributed by atoms with Crippen LogP contribution in [0.2, 0.25) is 0 Å². The molecule has 1 rings (SSSR count). The molecular formula is C10H18ClN3O2. The number of nitrogens with one attached hydrogen (secondary N) is 1. The summed E-state index contributed by atoms with van der Waals surface area (Å²) in [4.78, 5) is 0. The number of ether oxygens (including phenoxy) is 1. The van der Waals surface area contributed by atoms with E-state index in [4.69, 9.17) is 20.8 Å². The first-order chi connectivity index (χ1) is 7.67. The van der Waals surface area contributed by atoms with Crippen LogP contribution in [-0.4, -0.2) is 35.8 Å². The number of nitrogens with zero attached hydrogens (tertiary/aromatic N) is 2. The van der Waals surface area contributed by atoms with Gasteiger partial charge in [-0.2, -0.15) is 0 Å². The van der Waals surface area contributed by atoms with Crippen molar-refractivity contribution in [1.82, 2.24) is 10.2 Å². The number of hydrogen-bond acceptors (Lipinski definition) is 5. The topological polar surface area (TPSA) is 60.2 Å². The van der Waals surface area contributed by atoms with Gasteiger partial charge in [-0.1, -0.05) is 18.9 Å². The molecule has 5 nitrogen and oxygen atoms in total. The molecule has 0 radical (unpaired) electrons. The molecule has 0 aliphatic heterocycles. The molecule has 0 fully saturated rings. The first kappa shape index (κ1) is 13.3. The van der Waals surface area contributed by atoms with E-state index in [9.17, 15) is 0 Å². The lowest BCUT2D eigenvalue weighted by Gasteiger charge is -2.19. The van der Waals surface area contributed by atoms with Crippen molar-refractivity contribution in [2.24, 2.45) is 5.92 Å². The third-order valence-electron chi connectivity index (χ3n) is 2.24. The summed E-state index contributed by atoms with van der Waals surface area (Å²) in [5, 5.41) is 10.9. The minimum atomic E-state index is 0.161. The number of methoxy groups -OCH3 is 1. The molecule has 16 heavy (non-hydrogen) atoms. The monoisotopic (exact) mass is 247 g/mol. The fourth-order valence-electron chi connectivity index (χ4n) is 1.23. The Hall–Kier alpha value is -0.810. The SMILES string of the molecule is COCC(Nc1nnc(CCCl)o1)C(C)C. The van der Waals surface area contributed by atoms with E-state index in [-0.39, 0.29) is 6.04 Å². The Balaban J connectivity index is 2.55. The maximum atomic E-state index is 5.58. The number of aryl methyl sites for hydroxylation is 1. The summed E-state index contributed by atoms with van der Waals surface area (Å²) in [6.07, 6.45) is 0.590. The van der Waals surface area contributed by atoms with E-state index in [1.165, 1.54) is 0 Å². The maximum Gasteiger partial charge on any atom is 0.315 e. The van der Waals surface area contributed by atoms with Crippen LogP contribution in [0.1, 0.15) is 19.7 Å². The Bertz CT molecular complexity index is 304. The highest BCUT2D eigenvalue weighted by Gasteiger charge is 2.16. The Morgan fingerprint density at radius 3 is 2.75 bits per heavy atom. The quantitative estimate of drug-likeness (QED) is 0.746. The van der Waals surface area contributed by atoms with E-state index < -0.39 is 0 Å². The number of hydrogen-bond donors (Lipinski definition) is 1. The van der Waals surface area contributed by atoms with Gasteiger partial charge in [0.2, 0.25) is 5.89 Å². The number of aromatic nitrogens is 2. The summed E-state index contributed by atoms with van der Waals surface area (Å²) in [6, 6.07) is 0.588. The van der Waals surface area contributed by atoms with Gasteiger partial charge in [-0.3, -0.25) is 0 Å². The Morgan fingerprint density at radius 2 is 2.19 bits per heavy atom. The first-order valence-electron chi connectivity index (χ1n) is 5.31. The fraction of sp³-hybridized carbons (Fsp3) is 0.800. The Labute approximate surface area is 101 Å². The molecule has 1 unspecified atom stereocenters. The predicted molar refractivity (Wildman–Crippen MR) is 62.8 cm³/mol. The lowest BCUT2D eigenvalue weighted by molar-refractivity contribution is 0.170. The van der Waals surface area contributed by atoms with Crippen molar-refractivity contribution in [2.45, 2.75) is 26.3 Å². The predicted octanol–water partition coefficient (Wildman–Crippen LogP) is 1.93. The second-order valence-corrected chi connectivity index (χ2v) is 4.27. The van der Waals surface area contributed by atoms with Crippen LogP contribution in [0, 0.1) is 5.92 Å². The third kappa shape index (κ3) is 3.98. The van der Waals surface area contributed by atoms with Gasteiger partial charge in [0.1, 0.15) is 0 Å². The van der Waals surface area contributed by atoms with Crippen LogP contribution in [0.25, 0.3) is 0 Å². The summed E-state index contributed by atoms with van der Waals surface area (Å²) >= 11 is 5.58. The summed E-state index contributed by atoms with van der Waals surface area (Å²) in [6.45, 7) is 4.81. The zero-order chi connectivity index (χ0) is 12.0. The molecule has 92 valence electrons. The molecule has 1 aromatic heterocycles. The normalized spacial score (nSPS) is 13.1. The lowest BCUT2D eigenvalue weighted by Crippen LogP contribution is -2.30. The molecule has 0 saturated carbocycles. The summed E-state index contributed by atoms with van der Waals surface area (Å²) in [5.74, 6) is 1.45. The third-order valence-corrected chi connectivity index (χ3v) is 2.42. The van der Waals surface area contributed by atoms with Gasteiger partial charge in [-0.15, -0.1) is 16.7 Å². The number of anilines is 1. The van der Waals surface area contributed by atoms with Crippen molar-refractivity contribution in [3.05, 3.63) is 5.89 Å². The molecule has 0 aliphatic rings. The molecule has 0 aromatic carbocycles. The van der Waals surface area contributed by atoms with Crippen LogP contribution in [0.3, 0.4) is 0 Å². The van der Waals surface area contributed by atoms with Gasteiger partial charge in [0.25, 0.3) is 0 Å². The smallest absolute Gasteiger partial charge is 0.315 e. The number of rotatable bonds is 7. The molecule has 0 amide bonds. The molecule has 1 N–H and O–H groups in total. The zero-order valence-corrected chi connectivity index (χ0v) is 10.6. The molecule has 1 heterocycles. The maximum absolute atomic E-state index is 5.58. The van der Waals surface area contributed by atoms with Crippen molar-refractivity contribution in [3.8, 4) is 0 Å². The average Bonchev–Trinajstić information content (AvgIpc) is 2.65. The number of halogens is 1. The van der Waals surface area contributed by atoms with Crippen molar-refractivity contribution in [2.75, 3.05) is 24.9 Å². The van der Waals surface area contributed by atoms with Crippen LogP contribution in [0.5, 0.6) is 0 Å². The standard InChI is InChI=1S/C10H18ClN3O2/c1-7(2)8(6-15-3)12-10-14-13-9(16-10)4-5-11/h7-8H,4-6H2,1-3H3,(H,12,14). The molecule has 1 atom stereocenters. The molecule has 1 aromatic rings. The largest absolute Gasteiger partial charge is 0.408 e. The second-order valence-electron chi connectivity index (χ2n) is 3.89. The zero-order valence-electron chi connectivity index (χ0n) is 9.86. The van der Waals surface area contributed by atoms with E-state index in [1.54, 1.807) is 7.11 Å². The molecule has 0 spiro atoms. The van der Waals surface area contributed by atoms with Crippen LogP contribution in [0.4, 0.5) is 6.01 Å². The lowest BCUT2D eigenvalue weighted by atomic mass is 10.1. The highest BCUT2D eigenvalue weighted by atomic mass is 35.5. The van der Waals surface area contributed by atoms with Crippen molar-refractivity contribution in [1.29, 1.82) is 0 Å². The summed E-state index contributed by atoms with van der Waals surface area (Å²) < 4.78 is 10.5. The van der Waals surface area contributed by atoms with Gasteiger partial charge in [-0.05, 0) is 5.92 Å². The highest BCUT2D eigenvalue weighted by Crippen LogP contribution is 2.12. The van der Waals surface area contributed by atoms with Crippen molar-refractivity contribution in [3.63, 3.8) is 0 Å². The molecule has 0 aliphatic carbocycles. The molecular weight excluding hydrogens is 230 g/mol. The van der Waals surface area contributed by atoms with Gasteiger partial charge < -0.3 is 14.5 Å². The average molecular weight is 248 g/mol. The highest BCUT2D eigenvalue weighted by molar-refractivity contribution is 6.17. The van der Waals surface area contributed by atoms with Gasteiger partial charge >= 0.3 is 6.01 Å². The van der Waals surface area contributed by atoms with Gasteiger partial charge in [0.05, 0.1) is 12.6 Å². The minimum Gasteiger partial charge on any atom is -0.408 e. The van der Waals surface area contributed by atoms with Gasteiger partial charge in [0, 0.05) is 19.4 Å². The fourth-order valence-corrected chi connectivity index (χ4v) is 1.39. The Morgan fingerprint density at radius 1 is 1.44 bits per heavy atom. The van der Waals surface area contributed by atoms with E-state index in [1.807, 2.05) is 0 Å². The second kappa shape index (κ2) is 6.70. The van der Waals surface area contributed by atoms with E-state index >= 15 is 0 Å².